The van der Waals surface area contributed by atoms with Crippen LogP contribution >= 0.6 is 23.2 Å². The molecule has 0 saturated heterocycles. The number of benzene rings is 3. The van der Waals surface area contributed by atoms with Gasteiger partial charge in [-0.3, -0.25) is 9.52 Å². The van der Waals surface area contributed by atoms with E-state index >= 15 is 0 Å². The molecule has 0 saturated carbocycles. The molecule has 0 bridgehead atoms. The summed E-state index contributed by atoms with van der Waals surface area (Å²) in [4.78, 5) is 12.7. The summed E-state index contributed by atoms with van der Waals surface area (Å²) >= 11 is 12.0. The Kier molecular flexibility index (Phi) is 6.73. The molecule has 2 N–H and O–H groups in total. The average molecular weight is 503 g/mol. The van der Waals surface area contributed by atoms with Crippen LogP contribution in [0.2, 0.25) is 10.0 Å². The summed E-state index contributed by atoms with van der Waals surface area (Å²) < 4.78 is 66.4. The molecular weight excluding hydrogens is 488 g/mol. The molecule has 0 radical (unpaired) electrons. The number of carbonyl (C=O) groups is 1. The molecule has 3 aromatic carbocycles. The van der Waals surface area contributed by atoms with Gasteiger partial charge in [0.1, 0.15) is 0 Å². The molecule has 32 heavy (non-hydrogen) atoms. The van der Waals surface area contributed by atoms with Crippen LogP contribution < -0.4 is 10.0 Å². The van der Waals surface area contributed by atoms with Crippen molar-refractivity contribution >= 4 is 50.5 Å². The Labute approximate surface area is 192 Å². The van der Waals surface area contributed by atoms with Gasteiger partial charge < -0.3 is 5.32 Å². The second kappa shape index (κ2) is 9.01. The Morgan fingerprint density at radius 2 is 1.53 bits per heavy atom. The third-order valence-corrected chi connectivity index (χ3v) is 6.39. The highest BCUT2D eigenvalue weighted by molar-refractivity contribution is 7.92. The Morgan fingerprint density at radius 1 is 0.906 bits per heavy atom. The van der Waals surface area contributed by atoms with E-state index in [9.17, 15) is 26.4 Å². The fourth-order valence-corrected chi connectivity index (χ4v) is 4.10. The fourth-order valence-electron chi connectivity index (χ4n) is 2.68. The van der Waals surface area contributed by atoms with E-state index < -0.39 is 27.7 Å². The first-order valence-corrected chi connectivity index (χ1v) is 11.2. The van der Waals surface area contributed by atoms with Crippen LogP contribution in [0, 0.1) is 6.92 Å². The molecular formula is C21H15Cl2F3N2O3S. The molecule has 0 aliphatic carbocycles. The zero-order valence-corrected chi connectivity index (χ0v) is 18.6. The Bertz CT molecular complexity index is 1280. The predicted octanol–water partition coefficient (Wildman–Crippen LogP) is 6.37. The van der Waals surface area contributed by atoms with Gasteiger partial charge in [-0.05, 0) is 55.5 Å². The first kappa shape index (κ1) is 23.9. The zero-order valence-electron chi connectivity index (χ0n) is 16.3. The number of hydrogen-bond acceptors (Lipinski definition) is 3. The van der Waals surface area contributed by atoms with E-state index in [0.717, 1.165) is 17.7 Å². The van der Waals surface area contributed by atoms with Crippen molar-refractivity contribution in [2.75, 3.05) is 10.0 Å². The van der Waals surface area contributed by atoms with Crippen molar-refractivity contribution in [2.45, 2.75) is 18.0 Å². The Morgan fingerprint density at radius 3 is 2.16 bits per heavy atom. The van der Waals surface area contributed by atoms with Crippen LogP contribution in [-0.2, 0) is 16.2 Å². The molecule has 0 spiro atoms. The number of hydrogen-bond donors (Lipinski definition) is 2. The lowest BCUT2D eigenvalue weighted by Gasteiger charge is -2.13. The second-order valence-corrected chi connectivity index (χ2v) is 9.26. The van der Waals surface area contributed by atoms with Gasteiger partial charge in [-0.15, -0.1) is 0 Å². The van der Waals surface area contributed by atoms with E-state index in [1.165, 1.54) is 30.3 Å². The van der Waals surface area contributed by atoms with Crippen LogP contribution in [0.5, 0.6) is 0 Å². The SMILES string of the molecule is Cc1ccc(S(=O)(=O)Nc2ccc(Cl)c(C(=O)Nc3cc(C(F)(F)F)ccc3Cl)c2)cc1. The predicted molar refractivity (Wildman–Crippen MR) is 118 cm³/mol. The normalized spacial score (nSPS) is 11.8. The Balaban J connectivity index is 1.87. The van der Waals surface area contributed by atoms with Crippen molar-refractivity contribution in [3.8, 4) is 0 Å². The first-order chi connectivity index (χ1) is 14.9. The second-order valence-electron chi connectivity index (χ2n) is 6.76. The number of sulfonamides is 1. The van der Waals surface area contributed by atoms with Gasteiger partial charge in [0.05, 0.1) is 31.8 Å². The molecule has 11 heteroatoms. The van der Waals surface area contributed by atoms with E-state index in [-0.39, 0.29) is 31.9 Å². The monoisotopic (exact) mass is 502 g/mol. The average Bonchev–Trinajstić information content (AvgIpc) is 2.70. The highest BCUT2D eigenvalue weighted by Gasteiger charge is 2.31. The highest BCUT2D eigenvalue weighted by atomic mass is 35.5. The van der Waals surface area contributed by atoms with Gasteiger partial charge in [-0.1, -0.05) is 40.9 Å². The summed E-state index contributed by atoms with van der Waals surface area (Å²) in [7, 11) is -3.94. The lowest BCUT2D eigenvalue weighted by atomic mass is 10.1. The van der Waals surface area contributed by atoms with Gasteiger partial charge in [0.15, 0.2) is 0 Å². The summed E-state index contributed by atoms with van der Waals surface area (Å²) in [5, 5.41) is 2.12. The van der Waals surface area contributed by atoms with E-state index in [2.05, 4.69) is 10.0 Å². The summed E-state index contributed by atoms with van der Waals surface area (Å²) in [5.74, 6) is -0.868. The van der Waals surface area contributed by atoms with E-state index in [1.807, 2.05) is 6.92 Å². The van der Waals surface area contributed by atoms with E-state index in [1.54, 1.807) is 12.1 Å². The number of aryl methyl sites for hydroxylation is 1. The van der Waals surface area contributed by atoms with Crippen molar-refractivity contribution in [3.63, 3.8) is 0 Å². The first-order valence-electron chi connectivity index (χ1n) is 8.94. The van der Waals surface area contributed by atoms with E-state index in [0.29, 0.717) is 6.07 Å². The number of nitrogens with one attached hydrogen (secondary N) is 2. The van der Waals surface area contributed by atoms with Gasteiger partial charge in [0, 0.05) is 5.69 Å². The van der Waals surface area contributed by atoms with Crippen LogP contribution in [0.1, 0.15) is 21.5 Å². The van der Waals surface area contributed by atoms with Crippen molar-refractivity contribution in [2.24, 2.45) is 0 Å². The number of amides is 1. The van der Waals surface area contributed by atoms with Crippen molar-refractivity contribution in [1.82, 2.24) is 0 Å². The van der Waals surface area contributed by atoms with Crippen LogP contribution in [-0.4, -0.2) is 14.3 Å². The minimum atomic E-state index is -4.63. The smallest absolute Gasteiger partial charge is 0.321 e. The highest BCUT2D eigenvalue weighted by Crippen LogP contribution is 2.34. The summed E-state index contributed by atoms with van der Waals surface area (Å²) in [6.45, 7) is 1.81. The molecule has 0 aliphatic rings. The number of alkyl halides is 3. The van der Waals surface area contributed by atoms with Crippen molar-refractivity contribution in [3.05, 3.63) is 87.4 Å². The molecule has 0 unspecified atom stereocenters. The summed E-state index contributed by atoms with van der Waals surface area (Å²) in [6.07, 6.45) is -4.63. The van der Waals surface area contributed by atoms with Gasteiger partial charge in [0.25, 0.3) is 15.9 Å². The molecule has 168 valence electrons. The molecule has 0 aliphatic heterocycles. The topological polar surface area (TPSA) is 75.3 Å². The maximum Gasteiger partial charge on any atom is 0.416 e. The number of halogens is 5. The minimum Gasteiger partial charge on any atom is -0.321 e. The standard InChI is InChI=1S/C21H15Cl2F3N2O3S/c1-12-2-6-15(7-3-12)32(30,31)28-14-5-9-17(22)16(11-14)20(29)27-19-10-13(21(24,25)26)4-8-18(19)23/h2-11,28H,1H3,(H,27,29). The molecule has 0 heterocycles. The number of carbonyl (C=O) groups excluding carboxylic acids is 1. The van der Waals surface area contributed by atoms with Gasteiger partial charge in [-0.25, -0.2) is 8.42 Å². The molecule has 3 aromatic rings. The lowest BCUT2D eigenvalue weighted by molar-refractivity contribution is -0.137. The molecule has 5 nitrogen and oxygen atoms in total. The van der Waals surface area contributed by atoms with E-state index in [4.69, 9.17) is 23.2 Å². The molecule has 0 atom stereocenters. The van der Waals surface area contributed by atoms with Crippen LogP contribution in [0.3, 0.4) is 0 Å². The summed E-state index contributed by atoms with van der Waals surface area (Å²) in [6, 6.07) is 12.4. The maximum atomic E-state index is 13.0. The molecule has 3 rings (SSSR count). The van der Waals surface area contributed by atoms with Gasteiger partial charge in [0.2, 0.25) is 0 Å². The molecule has 0 fully saturated rings. The number of rotatable bonds is 5. The molecule has 0 aromatic heterocycles. The third kappa shape index (κ3) is 5.53. The Hall–Kier alpha value is -2.75. The lowest BCUT2D eigenvalue weighted by Crippen LogP contribution is -2.16. The summed E-state index contributed by atoms with van der Waals surface area (Å²) in [5.41, 5.74) is -0.515. The quantitative estimate of drug-likeness (QED) is 0.425. The van der Waals surface area contributed by atoms with Crippen LogP contribution in [0.15, 0.2) is 65.6 Å². The fraction of sp³-hybridized carbons (Fsp3) is 0.0952. The third-order valence-electron chi connectivity index (χ3n) is 4.34. The van der Waals surface area contributed by atoms with Gasteiger partial charge >= 0.3 is 6.18 Å². The maximum absolute atomic E-state index is 13.0. The zero-order chi connectivity index (χ0) is 23.7. The van der Waals surface area contributed by atoms with Gasteiger partial charge in [-0.2, -0.15) is 13.2 Å². The van der Waals surface area contributed by atoms with Crippen LogP contribution in [0.4, 0.5) is 24.5 Å². The van der Waals surface area contributed by atoms with Crippen molar-refractivity contribution < 1.29 is 26.4 Å². The van der Waals surface area contributed by atoms with Crippen molar-refractivity contribution in [1.29, 1.82) is 0 Å². The number of anilines is 2. The molecule has 1 amide bonds. The minimum absolute atomic E-state index is 0.0137. The largest absolute Gasteiger partial charge is 0.416 e. The van der Waals surface area contributed by atoms with Crippen LogP contribution in [0.25, 0.3) is 0 Å².